The average Bonchev–Trinajstić information content (AvgIpc) is 2.63. The second-order valence-electron chi connectivity index (χ2n) is 5.80. The van der Waals surface area contributed by atoms with E-state index in [1.807, 2.05) is 24.3 Å². The smallest absolute Gasteiger partial charge is 0.335 e. The van der Waals surface area contributed by atoms with Gasteiger partial charge in [0.1, 0.15) is 0 Å². The number of hydrogen-bond donors (Lipinski definition) is 2. The average molecular weight is 343 g/mol. The van der Waals surface area contributed by atoms with Gasteiger partial charge in [-0.05, 0) is 41.8 Å². The van der Waals surface area contributed by atoms with E-state index < -0.39 is 5.97 Å². The maximum atomic E-state index is 11.0. The van der Waals surface area contributed by atoms with Gasteiger partial charge in [0.25, 0.3) is 0 Å². The SMILES string of the molecule is CCCCOc1ccc(CNCc2cccc(C(=O)O)c2)cc1OC. The van der Waals surface area contributed by atoms with E-state index in [9.17, 15) is 4.79 Å². The quantitative estimate of drug-likeness (QED) is 0.641. The zero-order valence-corrected chi connectivity index (χ0v) is 14.7. The molecule has 0 aliphatic heterocycles. The lowest BCUT2D eigenvalue weighted by atomic mass is 10.1. The van der Waals surface area contributed by atoms with E-state index in [2.05, 4.69) is 12.2 Å². The first kappa shape index (κ1) is 18.8. The van der Waals surface area contributed by atoms with Gasteiger partial charge in [0.2, 0.25) is 0 Å². The van der Waals surface area contributed by atoms with Crippen molar-refractivity contribution >= 4 is 5.97 Å². The van der Waals surface area contributed by atoms with E-state index in [1.54, 1.807) is 25.3 Å². The Morgan fingerprint density at radius 1 is 1.08 bits per heavy atom. The second kappa shape index (κ2) is 9.69. The molecule has 2 rings (SSSR count). The summed E-state index contributed by atoms with van der Waals surface area (Å²) in [7, 11) is 1.64. The number of ether oxygens (including phenoxy) is 2. The molecule has 0 aromatic heterocycles. The third kappa shape index (κ3) is 5.80. The summed E-state index contributed by atoms with van der Waals surface area (Å²) in [5.41, 5.74) is 2.31. The number of methoxy groups -OCH3 is 1. The van der Waals surface area contributed by atoms with Crippen LogP contribution >= 0.6 is 0 Å². The number of hydrogen-bond acceptors (Lipinski definition) is 4. The largest absolute Gasteiger partial charge is 0.493 e. The second-order valence-corrected chi connectivity index (χ2v) is 5.80. The Hall–Kier alpha value is -2.53. The van der Waals surface area contributed by atoms with Gasteiger partial charge < -0.3 is 19.9 Å². The van der Waals surface area contributed by atoms with E-state index >= 15 is 0 Å². The number of carboxylic acid groups (broad SMARTS) is 1. The van der Waals surface area contributed by atoms with Crippen molar-refractivity contribution in [3.8, 4) is 11.5 Å². The Balaban J connectivity index is 1.92. The summed E-state index contributed by atoms with van der Waals surface area (Å²) in [5.74, 6) is 0.572. The standard InChI is InChI=1S/C20H25NO4/c1-3-4-10-25-18-9-8-16(12-19(18)24-2)14-21-13-15-6-5-7-17(11-15)20(22)23/h5-9,11-12,21H,3-4,10,13-14H2,1-2H3,(H,22,23). The van der Waals surface area contributed by atoms with Crippen molar-refractivity contribution in [2.75, 3.05) is 13.7 Å². The Labute approximate surface area is 148 Å². The van der Waals surface area contributed by atoms with Crippen LogP contribution in [0.1, 0.15) is 41.3 Å². The molecule has 0 fully saturated rings. The van der Waals surface area contributed by atoms with Gasteiger partial charge in [-0.2, -0.15) is 0 Å². The highest BCUT2D eigenvalue weighted by atomic mass is 16.5. The number of carbonyl (C=O) groups is 1. The van der Waals surface area contributed by atoms with Crippen LogP contribution in [-0.4, -0.2) is 24.8 Å². The normalized spacial score (nSPS) is 10.5. The monoisotopic (exact) mass is 343 g/mol. The highest BCUT2D eigenvalue weighted by molar-refractivity contribution is 5.87. The van der Waals surface area contributed by atoms with Crippen LogP contribution in [0.2, 0.25) is 0 Å². The third-order valence-corrected chi connectivity index (χ3v) is 3.82. The third-order valence-electron chi connectivity index (χ3n) is 3.82. The molecule has 2 aromatic rings. The molecule has 0 aliphatic carbocycles. The maximum absolute atomic E-state index is 11.0. The Morgan fingerprint density at radius 2 is 1.84 bits per heavy atom. The molecule has 0 aliphatic rings. The molecule has 0 saturated heterocycles. The lowest BCUT2D eigenvalue weighted by molar-refractivity contribution is 0.0696. The molecule has 134 valence electrons. The lowest BCUT2D eigenvalue weighted by Gasteiger charge is -2.12. The van der Waals surface area contributed by atoms with Crippen LogP contribution in [0.15, 0.2) is 42.5 Å². The van der Waals surface area contributed by atoms with Gasteiger partial charge in [-0.25, -0.2) is 4.79 Å². The molecule has 0 radical (unpaired) electrons. The van der Waals surface area contributed by atoms with Gasteiger partial charge in [0.05, 0.1) is 19.3 Å². The van der Waals surface area contributed by atoms with Gasteiger partial charge in [-0.3, -0.25) is 0 Å². The summed E-state index contributed by atoms with van der Waals surface area (Å²) in [6.07, 6.45) is 2.11. The molecule has 0 bridgehead atoms. The maximum Gasteiger partial charge on any atom is 0.335 e. The molecule has 0 spiro atoms. The molecule has 25 heavy (non-hydrogen) atoms. The van der Waals surface area contributed by atoms with E-state index in [0.29, 0.717) is 25.3 Å². The molecule has 5 heteroatoms. The molecular formula is C20H25NO4. The van der Waals surface area contributed by atoms with Crippen molar-refractivity contribution < 1.29 is 19.4 Å². The molecule has 5 nitrogen and oxygen atoms in total. The van der Waals surface area contributed by atoms with Crippen LogP contribution in [0.4, 0.5) is 0 Å². The predicted octanol–water partition coefficient (Wildman–Crippen LogP) is 3.86. The van der Waals surface area contributed by atoms with Crippen molar-refractivity contribution in [2.45, 2.75) is 32.9 Å². The van der Waals surface area contributed by atoms with Crippen LogP contribution < -0.4 is 14.8 Å². The van der Waals surface area contributed by atoms with E-state index in [0.717, 1.165) is 35.5 Å². The number of carboxylic acids is 1. The highest BCUT2D eigenvalue weighted by Gasteiger charge is 2.06. The lowest BCUT2D eigenvalue weighted by Crippen LogP contribution is -2.13. The Morgan fingerprint density at radius 3 is 2.52 bits per heavy atom. The molecule has 0 heterocycles. The Kier molecular flexibility index (Phi) is 7.29. The van der Waals surface area contributed by atoms with Crippen molar-refractivity contribution in [1.82, 2.24) is 5.32 Å². The fourth-order valence-electron chi connectivity index (χ4n) is 2.43. The molecule has 0 amide bonds. The number of benzene rings is 2. The zero-order chi connectivity index (χ0) is 18.1. The first-order valence-electron chi connectivity index (χ1n) is 8.46. The van der Waals surface area contributed by atoms with E-state index in [4.69, 9.17) is 14.6 Å². The van der Waals surface area contributed by atoms with Crippen molar-refractivity contribution in [1.29, 1.82) is 0 Å². The fraction of sp³-hybridized carbons (Fsp3) is 0.350. The van der Waals surface area contributed by atoms with Gasteiger partial charge in [0.15, 0.2) is 11.5 Å². The molecule has 0 unspecified atom stereocenters. The van der Waals surface area contributed by atoms with Gasteiger partial charge in [-0.1, -0.05) is 31.5 Å². The van der Waals surface area contributed by atoms with Gasteiger partial charge in [0, 0.05) is 13.1 Å². The zero-order valence-electron chi connectivity index (χ0n) is 14.7. The number of aromatic carboxylic acids is 1. The summed E-state index contributed by atoms with van der Waals surface area (Å²) >= 11 is 0. The van der Waals surface area contributed by atoms with Gasteiger partial charge in [-0.15, -0.1) is 0 Å². The van der Waals surface area contributed by atoms with Crippen molar-refractivity contribution in [3.05, 3.63) is 59.2 Å². The van der Waals surface area contributed by atoms with Crippen LogP contribution in [-0.2, 0) is 13.1 Å². The minimum atomic E-state index is -0.912. The fourth-order valence-corrected chi connectivity index (χ4v) is 2.43. The molecule has 2 N–H and O–H groups in total. The molecule has 2 aromatic carbocycles. The van der Waals surface area contributed by atoms with E-state index in [-0.39, 0.29) is 0 Å². The van der Waals surface area contributed by atoms with Gasteiger partial charge >= 0.3 is 5.97 Å². The number of rotatable bonds is 10. The summed E-state index contributed by atoms with van der Waals surface area (Å²) in [5, 5.41) is 12.3. The molecule has 0 atom stereocenters. The Bertz CT molecular complexity index is 700. The van der Waals surface area contributed by atoms with E-state index in [1.165, 1.54) is 0 Å². The minimum absolute atomic E-state index is 0.301. The van der Waals surface area contributed by atoms with Crippen molar-refractivity contribution in [3.63, 3.8) is 0 Å². The first-order chi connectivity index (χ1) is 12.1. The van der Waals surface area contributed by atoms with Crippen LogP contribution in [0.5, 0.6) is 11.5 Å². The van der Waals surface area contributed by atoms with Crippen LogP contribution in [0.3, 0.4) is 0 Å². The molecule has 0 saturated carbocycles. The molecular weight excluding hydrogens is 318 g/mol. The summed E-state index contributed by atoms with van der Waals surface area (Å²) in [6.45, 7) is 4.06. The van der Waals surface area contributed by atoms with Crippen LogP contribution in [0, 0.1) is 0 Å². The van der Waals surface area contributed by atoms with Crippen LogP contribution in [0.25, 0.3) is 0 Å². The topological polar surface area (TPSA) is 67.8 Å². The summed E-state index contributed by atoms with van der Waals surface area (Å²) in [6, 6.07) is 12.8. The number of unbranched alkanes of at least 4 members (excludes halogenated alkanes) is 1. The number of nitrogens with one attached hydrogen (secondary N) is 1. The van der Waals surface area contributed by atoms with Crippen molar-refractivity contribution in [2.24, 2.45) is 0 Å². The summed E-state index contributed by atoms with van der Waals surface area (Å²) in [4.78, 5) is 11.0. The predicted molar refractivity (Wildman–Crippen MR) is 97.3 cm³/mol. The highest BCUT2D eigenvalue weighted by Crippen LogP contribution is 2.28. The minimum Gasteiger partial charge on any atom is -0.493 e. The summed E-state index contributed by atoms with van der Waals surface area (Å²) < 4.78 is 11.1. The first-order valence-corrected chi connectivity index (χ1v) is 8.46.